The van der Waals surface area contributed by atoms with Gasteiger partial charge < -0.3 is 5.32 Å². The second-order valence-corrected chi connectivity index (χ2v) is 12.8. The molecule has 10 heteroatoms. The fourth-order valence-corrected chi connectivity index (χ4v) is 8.46. The molecule has 1 amide bonds. The number of halogens is 2. The Labute approximate surface area is 195 Å². The fourth-order valence-electron chi connectivity index (χ4n) is 4.91. The zero-order valence-corrected chi connectivity index (χ0v) is 20.8. The van der Waals surface area contributed by atoms with Crippen LogP contribution in [0.1, 0.15) is 50.9 Å². The number of hydrogen-bond donors (Lipinski definition) is 1. The lowest BCUT2D eigenvalue weighted by molar-refractivity contribution is -0.125. The van der Waals surface area contributed by atoms with Crippen molar-refractivity contribution >= 4 is 51.6 Å². The third-order valence-electron chi connectivity index (χ3n) is 6.89. The smallest absolute Gasteiger partial charge is 0.223 e. The van der Waals surface area contributed by atoms with Crippen molar-refractivity contribution in [3.8, 4) is 0 Å². The van der Waals surface area contributed by atoms with E-state index in [1.807, 2.05) is 19.9 Å². The lowest BCUT2D eigenvalue weighted by Gasteiger charge is -2.38. The molecule has 5 atom stereocenters. The van der Waals surface area contributed by atoms with E-state index >= 15 is 0 Å². The van der Waals surface area contributed by atoms with Crippen molar-refractivity contribution in [1.82, 2.24) is 20.3 Å². The Kier molecular flexibility index (Phi) is 5.59. The number of pyridine rings is 1. The first-order chi connectivity index (χ1) is 15.3. The van der Waals surface area contributed by atoms with E-state index in [0.717, 1.165) is 42.1 Å². The standard InChI is InChI=1S/C22H25ClFN5OP2/c1-3-25-18(30)12(2)21(31)6-4-5-14(8-21)28-17-16(24)10-27-20(29-17)22-11-32(22)19-15(22)7-13(23)9-26-19/h7,9-10,12H,3-6,8,11,31H2,1-2H3,(H,25,30)/t12?,21-,22?,32?/m0/s1. The first-order valence-electron chi connectivity index (χ1n) is 10.9. The molecule has 4 unspecified atom stereocenters. The van der Waals surface area contributed by atoms with Crippen LogP contribution < -0.4 is 10.8 Å². The van der Waals surface area contributed by atoms with Crippen LogP contribution in [-0.2, 0) is 9.95 Å². The summed E-state index contributed by atoms with van der Waals surface area (Å²) < 4.78 is 14.7. The third kappa shape index (κ3) is 3.48. The van der Waals surface area contributed by atoms with Crippen molar-refractivity contribution in [1.29, 1.82) is 0 Å². The Morgan fingerprint density at radius 1 is 1.44 bits per heavy atom. The monoisotopic (exact) mass is 491 g/mol. The van der Waals surface area contributed by atoms with Gasteiger partial charge >= 0.3 is 0 Å². The lowest BCUT2D eigenvalue weighted by Crippen LogP contribution is -2.44. The average Bonchev–Trinajstić information content (AvgIpc) is 3.44. The Morgan fingerprint density at radius 3 is 3.03 bits per heavy atom. The van der Waals surface area contributed by atoms with E-state index < -0.39 is 13.7 Å². The summed E-state index contributed by atoms with van der Waals surface area (Å²) in [5, 5.41) is 2.97. The van der Waals surface area contributed by atoms with Crippen molar-refractivity contribution in [3.05, 3.63) is 40.7 Å². The number of carbonyl (C=O) groups is 1. The zero-order chi connectivity index (χ0) is 22.7. The minimum Gasteiger partial charge on any atom is -0.356 e. The number of carbonyl (C=O) groups excluding carboxylic acids is 1. The molecular formula is C22H25ClFN5OP2. The minimum atomic E-state index is -0.525. The van der Waals surface area contributed by atoms with E-state index in [1.165, 1.54) is 6.20 Å². The quantitative estimate of drug-likeness (QED) is 0.639. The molecule has 5 rings (SSSR count). The highest BCUT2D eigenvalue weighted by Crippen LogP contribution is 2.82. The molecule has 0 radical (unpaired) electrons. The van der Waals surface area contributed by atoms with Crippen LogP contribution in [0, 0.1) is 11.7 Å². The second-order valence-electron chi connectivity index (χ2n) is 8.89. The fraction of sp³-hybridized carbons (Fsp3) is 0.500. The van der Waals surface area contributed by atoms with Gasteiger partial charge in [-0.05, 0) is 58.3 Å². The first kappa shape index (κ1) is 22.3. The number of hydrogen-bond acceptors (Lipinski definition) is 5. The van der Waals surface area contributed by atoms with Crippen molar-refractivity contribution in [3.63, 3.8) is 0 Å². The maximum Gasteiger partial charge on any atom is 0.223 e. The van der Waals surface area contributed by atoms with E-state index in [-0.39, 0.29) is 28.0 Å². The number of aromatic nitrogens is 3. The van der Waals surface area contributed by atoms with Crippen LogP contribution in [0.3, 0.4) is 0 Å². The molecule has 32 heavy (non-hydrogen) atoms. The summed E-state index contributed by atoms with van der Waals surface area (Å²) in [5.74, 6) is 0.0370. The zero-order valence-electron chi connectivity index (χ0n) is 18.0. The van der Waals surface area contributed by atoms with Crippen molar-refractivity contribution in [2.24, 2.45) is 10.9 Å². The molecule has 1 saturated heterocycles. The SMILES string of the molecule is CCNC(=O)C(C)[C@]1(P)CCCC(=Nc2nc(C34CP3c3ncc(Cl)cc34)ncc2F)C1. The highest BCUT2D eigenvalue weighted by molar-refractivity contribution is 7.76. The predicted octanol–water partition coefficient (Wildman–Crippen LogP) is 4.07. The van der Waals surface area contributed by atoms with Gasteiger partial charge in [-0.3, -0.25) is 9.78 Å². The van der Waals surface area contributed by atoms with Gasteiger partial charge in [0.2, 0.25) is 5.91 Å². The van der Waals surface area contributed by atoms with Crippen LogP contribution in [0.15, 0.2) is 23.5 Å². The molecule has 2 aromatic rings. The highest BCUT2D eigenvalue weighted by Gasteiger charge is 2.69. The van der Waals surface area contributed by atoms with Gasteiger partial charge in [-0.2, -0.15) is 0 Å². The molecule has 1 N–H and O–H groups in total. The van der Waals surface area contributed by atoms with E-state index in [4.69, 9.17) is 11.6 Å². The van der Waals surface area contributed by atoms with Crippen LogP contribution in [0.4, 0.5) is 10.2 Å². The highest BCUT2D eigenvalue weighted by atomic mass is 35.5. The van der Waals surface area contributed by atoms with Crippen LogP contribution >= 0.6 is 28.8 Å². The van der Waals surface area contributed by atoms with Crippen molar-refractivity contribution in [2.75, 3.05) is 12.7 Å². The number of nitrogens with zero attached hydrogens (tertiary/aromatic N) is 4. The average molecular weight is 492 g/mol. The second kappa shape index (κ2) is 8.04. The molecule has 1 saturated carbocycles. The van der Waals surface area contributed by atoms with Gasteiger partial charge in [0.05, 0.1) is 21.8 Å². The molecule has 2 aliphatic heterocycles. The Hall–Kier alpha value is -1.55. The topological polar surface area (TPSA) is 80.1 Å². The lowest BCUT2D eigenvalue weighted by atomic mass is 9.78. The Bertz CT molecular complexity index is 1150. The molecule has 2 fully saturated rings. The normalized spacial score (nSPS) is 30.2. The van der Waals surface area contributed by atoms with Crippen LogP contribution in [0.5, 0.6) is 0 Å². The van der Waals surface area contributed by atoms with Gasteiger partial charge in [0.25, 0.3) is 0 Å². The molecule has 3 aliphatic rings. The maximum absolute atomic E-state index is 14.7. The molecule has 0 bridgehead atoms. The first-order valence-corrected chi connectivity index (χ1v) is 13.4. The summed E-state index contributed by atoms with van der Waals surface area (Å²) in [6.07, 6.45) is 7.04. The molecule has 2 aromatic heterocycles. The van der Waals surface area contributed by atoms with E-state index in [9.17, 15) is 9.18 Å². The molecule has 0 aromatic carbocycles. The third-order valence-corrected chi connectivity index (χ3v) is 10.9. The van der Waals surface area contributed by atoms with Crippen LogP contribution in [0.2, 0.25) is 5.02 Å². The number of rotatable bonds is 5. The van der Waals surface area contributed by atoms with Gasteiger partial charge in [0, 0.05) is 29.5 Å². The summed E-state index contributed by atoms with van der Waals surface area (Å²) in [7, 11) is 2.45. The Morgan fingerprint density at radius 2 is 2.25 bits per heavy atom. The van der Waals surface area contributed by atoms with E-state index in [0.29, 0.717) is 23.8 Å². The van der Waals surface area contributed by atoms with Gasteiger partial charge in [-0.1, -0.05) is 18.5 Å². The van der Waals surface area contributed by atoms with Gasteiger partial charge in [-0.25, -0.2) is 19.4 Å². The van der Waals surface area contributed by atoms with Gasteiger partial charge in [0.15, 0.2) is 11.6 Å². The predicted molar refractivity (Wildman–Crippen MR) is 129 cm³/mol. The number of aliphatic imine (C=N–C) groups is 1. The number of nitrogens with one attached hydrogen (secondary N) is 1. The molecule has 1 aliphatic carbocycles. The number of amides is 1. The molecule has 168 valence electrons. The summed E-state index contributed by atoms with van der Waals surface area (Å²) in [4.78, 5) is 30.4. The molecular weight excluding hydrogens is 467 g/mol. The largest absolute Gasteiger partial charge is 0.356 e. The van der Waals surface area contributed by atoms with Crippen molar-refractivity contribution < 1.29 is 9.18 Å². The van der Waals surface area contributed by atoms with Crippen molar-refractivity contribution in [2.45, 2.75) is 49.8 Å². The van der Waals surface area contributed by atoms with Crippen LogP contribution in [0.25, 0.3) is 0 Å². The Balaban J connectivity index is 1.42. The number of fused-ring (bicyclic) bond motifs is 4. The van der Waals surface area contributed by atoms with E-state index in [1.54, 1.807) is 6.20 Å². The summed E-state index contributed by atoms with van der Waals surface area (Å²) in [6, 6.07) is 1.93. The maximum atomic E-state index is 14.7. The van der Waals surface area contributed by atoms with Gasteiger partial charge in [0.1, 0.15) is 5.82 Å². The molecule has 0 spiro atoms. The minimum absolute atomic E-state index is 0.0383. The summed E-state index contributed by atoms with van der Waals surface area (Å²) in [5.41, 5.74) is 3.04. The van der Waals surface area contributed by atoms with Crippen LogP contribution in [-0.4, -0.2) is 44.4 Å². The molecule has 4 heterocycles. The summed E-state index contributed by atoms with van der Waals surface area (Å²) in [6.45, 7) is 4.47. The van der Waals surface area contributed by atoms with Gasteiger partial charge in [-0.15, -0.1) is 9.24 Å². The van der Waals surface area contributed by atoms with E-state index in [2.05, 4.69) is 34.5 Å². The molecule has 6 nitrogen and oxygen atoms in total. The summed E-state index contributed by atoms with van der Waals surface area (Å²) >= 11 is 6.16.